The molecule has 0 spiro atoms. The van der Waals surface area contributed by atoms with E-state index < -0.39 is 139 Å². The molecule has 0 aromatic rings. The van der Waals surface area contributed by atoms with Crippen LogP contribution in [0, 0.1) is 50.2 Å². The highest BCUT2D eigenvalue weighted by Gasteiger charge is 2.70. The van der Waals surface area contributed by atoms with E-state index in [1.165, 1.54) is 12.5 Å². The van der Waals surface area contributed by atoms with Gasteiger partial charge < -0.3 is 79.5 Å². The van der Waals surface area contributed by atoms with E-state index in [2.05, 4.69) is 40.7 Å². The quantitative estimate of drug-likeness (QED) is 0.0735. The zero-order valence-corrected chi connectivity index (χ0v) is 42.0. The summed E-state index contributed by atoms with van der Waals surface area (Å²) in [4.78, 5) is 15.0. The maximum atomic E-state index is 15.0. The molecule has 0 aromatic heterocycles. The highest BCUT2D eigenvalue weighted by atomic mass is 32.3. The summed E-state index contributed by atoms with van der Waals surface area (Å²) in [5, 5.41) is 107. The van der Waals surface area contributed by atoms with Crippen LogP contribution in [-0.4, -0.2) is 188 Å². The molecule has 0 aromatic carbocycles. The van der Waals surface area contributed by atoms with Crippen LogP contribution in [0.15, 0.2) is 11.6 Å². The lowest BCUT2D eigenvalue weighted by molar-refractivity contribution is -0.361. The van der Waals surface area contributed by atoms with Crippen molar-refractivity contribution in [2.45, 2.75) is 211 Å². The fourth-order valence-corrected chi connectivity index (χ4v) is 15.7. The first kappa shape index (κ1) is 54.7. The number of carbonyl (C=O) groups is 1. The number of fused-ring (bicyclic) bond motifs is 7. The summed E-state index contributed by atoms with van der Waals surface area (Å²) in [5.41, 5.74) is -1.90. The van der Waals surface area contributed by atoms with E-state index in [1.54, 1.807) is 0 Å². The van der Waals surface area contributed by atoms with Gasteiger partial charge in [0.05, 0.1) is 37.4 Å². The van der Waals surface area contributed by atoms with E-state index in [-0.39, 0.29) is 46.0 Å². The summed E-state index contributed by atoms with van der Waals surface area (Å²) in [5.74, 6) is -0.854. The number of rotatable bonds is 11. The van der Waals surface area contributed by atoms with Crippen LogP contribution in [0.2, 0.25) is 0 Å². The zero-order valence-electron chi connectivity index (χ0n) is 41.1. The van der Waals surface area contributed by atoms with Crippen molar-refractivity contribution in [1.29, 1.82) is 0 Å². The third-order valence-electron chi connectivity index (χ3n) is 19.6. The van der Waals surface area contributed by atoms with E-state index in [0.29, 0.717) is 57.8 Å². The van der Waals surface area contributed by atoms with Crippen molar-refractivity contribution in [3.8, 4) is 0 Å². The van der Waals surface area contributed by atoms with Gasteiger partial charge in [0.15, 0.2) is 12.6 Å². The van der Waals surface area contributed by atoms with Crippen LogP contribution in [0.4, 0.5) is 0 Å². The highest BCUT2D eigenvalue weighted by molar-refractivity contribution is 7.80. The average Bonchev–Trinajstić information content (AvgIpc) is 3.29. The van der Waals surface area contributed by atoms with Crippen LogP contribution in [0.3, 0.4) is 0 Å². The molecule has 0 amide bonds. The Morgan fingerprint density at radius 3 is 2.00 bits per heavy atom. The van der Waals surface area contributed by atoms with E-state index in [0.717, 1.165) is 6.42 Å². The molecule has 7 fully saturated rings. The van der Waals surface area contributed by atoms with E-state index in [1.807, 2.05) is 6.92 Å². The first-order chi connectivity index (χ1) is 32.5. The minimum absolute atomic E-state index is 0.107. The lowest BCUT2D eigenvalue weighted by atomic mass is 9.33. The van der Waals surface area contributed by atoms with Gasteiger partial charge in [-0.05, 0) is 111 Å². The Morgan fingerprint density at radius 1 is 0.714 bits per heavy atom. The fourth-order valence-electron chi connectivity index (χ4n) is 15.1. The topological polar surface area (TPSA) is 338 Å². The summed E-state index contributed by atoms with van der Waals surface area (Å²) < 4.78 is 73.5. The number of aliphatic hydroxyl groups is 10. The van der Waals surface area contributed by atoms with E-state index in [9.17, 15) is 64.0 Å². The van der Waals surface area contributed by atoms with Crippen molar-refractivity contribution in [3.05, 3.63) is 11.6 Å². The Bertz CT molecular complexity index is 2060. The number of hydrogen-bond acceptors (Lipinski definition) is 20. The van der Waals surface area contributed by atoms with Gasteiger partial charge in [-0.1, -0.05) is 53.2 Å². The van der Waals surface area contributed by atoms with E-state index in [4.69, 9.17) is 32.6 Å². The van der Waals surface area contributed by atoms with Crippen LogP contribution in [0.25, 0.3) is 0 Å². The number of aliphatic hydroxyl groups excluding tert-OH is 10. The van der Waals surface area contributed by atoms with Gasteiger partial charge in [0.1, 0.15) is 67.1 Å². The zero-order chi connectivity index (χ0) is 51.5. The standard InChI is InChI=1S/C48H78O21S/c1-22-30(51)32(53)35(56)40(64-22)67-38-25(19-49)65-39(37(58)34(38)55)63-20-26-31(52)33(54)36(57)41(66-26)68-42(59)48-16-14-43(2,3)18-24(48)23-8-9-28-44(4)12-11-29(69-70(60,61)62)45(5,21-50)27(44)10-13-47(28,7)46(23,6)15-17-48/h8,22,24-41,49-58H,9-21H2,1-7H3,(H,60,61,62)/t22-,24-,25+,26+,27+,28+,29-,30-,31+,32+,33-,34+,35+,36+,37+,38+,39+,40-,41-,44-,45-,46+,47+,48-/m0/s1. The van der Waals surface area contributed by atoms with Gasteiger partial charge in [-0.3, -0.25) is 9.35 Å². The van der Waals surface area contributed by atoms with Crippen LogP contribution in [-0.2, 0) is 47.8 Å². The number of ether oxygens (including phenoxy) is 6. The average molecular weight is 1020 g/mol. The Balaban J connectivity index is 0.982. The van der Waals surface area contributed by atoms with Crippen LogP contribution in [0.5, 0.6) is 0 Å². The molecule has 0 bridgehead atoms. The summed E-state index contributed by atoms with van der Waals surface area (Å²) in [7, 11) is -4.76. The number of esters is 1. The van der Waals surface area contributed by atoms with Crippen molar-refractivity contribution in [3.63, 3.8) is 0 Å². The minimum atomic E-state index is -4.76. The SMILES string of the molecule is C[C@@H]1O[C@@H](O[C@H]2[C@H](O)[C@@H](O)[C@H](OC[C@H]3O[C@@H](OC(=O)[C@]45CCC(C)(C)C[C@H]4C4=CC[C@@H]6[C@@]7(C)CC[C@H](OS(=O)(=O)O)[C@@](C)(CO)[C@@H]7CC[C@@]6(C)[C@]4(C)CC5)[C@H](O)[C@@H](O)[C@@H]3O)O[C@@H]2CO)[C@H](O)[C@H](O)[C@H]1O. The first-order valence-electron chi connectivity index (χ1n) is 25.0. The number of carbonyl (C=O) groups excluding carboxylic acids is 1. The van der Waals surface area contributed by atoms with Gasteiger partial charge in [-0.15, -0.1) is 0 Å². The van der Waals surface area contributed by atoms with Gasteiger partial charge in [-0.25, -0.2) is 4.18 Å². The molecule has 3 aliphatic heterocycles. The summed E-state index contributed by atoms with van der Waals surface area (Å²) >= 11 is 0. The predicted molar refractivity (Wildman–Crippen MR) is 241 cm³/mol. The molecular weight excluding hydrogens is 945 g/mol. The van der Waals surface area contributed by atoms with Crippen molar-refractivity contribution < 1.29 is 101 Å². The first-order valence-corrected chi connectivity index (χ1v) is 26.4. The monoisotopic (exact) mass is 1020 g/mol. The third-order valence-corrected chi connectivity index (χ3v) is 20.1. The lowest BCUT2D eigenvalue weighted by Gasteiger charge is -2.71. The molecule has 3 saturated heterocycles. The Kier molecular flexibility index (Phi) is 15.0. The number of allylic oxidation sites excluding steroid dienone is 2. The van der Waals surface area contributed by atoms with Crippen LogP contribution >= 0.6 is 0 Å². The molecule has 8 aliphatic rings. The third kappa shape index (κ3) is 8.95. The number of hydrogen-bond donors (Lipinski definition) is 11. The molecule has 5 aliphatic carbocycles. The van der Waals surface area contributed by atoms with Crippen LogP contribution < -0.4 is 0 Å². The normalized spacial score (nSPS) is 52.5. The van der Waals surface area contributed by atoms with Gasteiger partial charge in [-0.2, -0.15) is 8.42 Å². The fraction of sp³-hybridized carbons (Fsp3) is 0.938. The summed E-state index contributed by atoms with van der Waals surface area (Å²) in [6.45, 7) is 12.8. The Hall–Kier alpha value is -1.52. The summed E-state index contributed by atoms with van der Waals surface area (Å²) in [6, 6.07) is 0. The lowest BCUT2D eigenvalue weighted by Crippen LogP contribution is -2.66. The molecule has 11 N–H and O–H groups in total. The Labute approximate surface area is 409 Å². The van der Waals surface area contributed by atoms with Crippen molar-refractivity contribution in [2.24, 2.45) is 50.2 Å². The molecule has 8 rings (SSSR count). The summed E-state index contributed by atoms with van der Waals surface area (Å²) in [6.07, 6.45) is -17.1. The second-order valence-electron chi connectivity index (χ2n) is 23.8. The van der Waals surface area contributed by atoms with Crippen molar-refractivity contribution >= 4 is 16.4 Å². The molecule has 21 nitrogen and oxygen atoms in total. The van der Waals surface area contributed by atoms with E-state index >= 15 is 4.79 Å². The highest BCUT2D eigenvalue weighted by Crippen LogP contribution is 2.76. The van der Waals surface area contributed by atoms with Crippen molar-refractivity contribution in [1.82, 2.24) is 0 Å². The maximum Gasteiger partial charge on any atom is 0.397 e. The van der Waals surface area contributed by atoms with Crippen molar-refractivity contribution in [2.75, 3.05) is 19.8 Å². The molecule has 3 heterocycles. The molecule has 4 saturated carbocycles. The van der Waals surface area contributed by atoms with Crippen LogP contribution in [0.1, 0.15) is 113 Å². The second-order valence-corrected chi connectivity index (χ2v) is 24.9. The Morgan fingerprint density at radius 2 is 1.34 bits per heavy atom. The maximum absolute atomic E-state index is 15.0. The second kappa shape index (κ2) is 19.2. The largest absolute Gasteiger partial charge is 0.432 e. The van der Waals surface area contributed by atoms with Gasteiger partial charge in [0.2, 0.25) is 6.29 Å². The molecule has 22 heteroatoms. The van der Waals surface area contributed by atoms with Gasteiger partial charge in [0, 0.05) is 5.41 Å². The predicted octanol–water partition coefficient (Wildman–Crippen LogP) is -0.0324. The smallest absolute Gasteiger partial charge is 0.397 e. The molecule has 0 unspecified atom stereocenters. The molecule has 0 radical (unpaired) electrons. The van der Waals surface area contributed by atoms with Gasteiger partial charge >= 0.3 is 16.4 Å². The molecule has 24 atom stereocenters. The van der Waals surface area contributed by atoms with Gasteiger partial charge in [0.25, 0.3) is 0 Å². The molecule has 402 valence electrons. The molecule has 70 heavy (non-hydrogen) atoms. The minimum Gasteiger partial charge on any atom is -0.432 e. The molecular formula is C48H78O21S.